The number of thiazole rings is 1. The number of carbonyl (C=O) groups is 1. The van der Waals surface area contributed by atoms with Crippen molar-refractivity contribution in [1.82, 2.24) is 9.88 Å². The number of nitrogens with zero attached hydrogens (tertiary/aromatic N) is 2. The molecule has 0 unspecified atom stereocenters. The van der Waals surface area contributed by atoms with Crippen molar-refractivity contribution in [3.8, 4) is 11.3 Å². The summed E-state index contributed by atoms with van der Waals surface area (Å²) < 4.78 is 0. The van der Waals surface area contributed by atoms with Crippen LogP contribution in [0.1, 0.15) is 16.1 Å². The lowest BCUT2D eigenvalue weighted by molar-refractivity contribution is -0.138. The molecule has 0 spiro atoms. The van der Waals surface area contributed by atoms with E-state index in [1.54, 1.807) is 11.3 Å². The fraction of sp³-hybridized carbons (Fsp3) is 0.185. The monoisotopic (exact) mass is 491 g/mol. The van der Waals surface area contributed by atoms with Crippen LogP contribution in [0.5, 0.6) is 0 Å². The first kappa shape index (κ1) is 24.0. The van der Waals surface area contributed by atoms with Crippen LogP contribution in [0.2, 0.25) is 5.02 Å². The van der Waals surface area contributed by atoms with Crippen molar-refractivity contribution in [2.75, 3.05) is 18.4 Å². The Bertz CT molecular complexity index is 1190. The quantitative estimate of drug-likeness (QED) is 0.261. The van der Waals surface area contributed by atoms with E-state index in [0.717, 1.165) is 40.5 Å². The highest BCUT2D eigenvalue weighted by atomic mass is 35.5. The highest BCUT2D eigenvalue weighted by molar-refractivity contribution is 7.09. The van der Waals surface area contributed by atoms with Gasteiger partial charge in [0.15, 0.2) is 0 Å². The standard InChI is InChI=1S/C27H26ClN3O2S/c28-23-10-6-21(7-11-23)16-31(18-27(32)33)17-26-30-25(19-34-26)22-8-12-24(13-9-22)29-15-14-20-4-2-1-3-5-20/h1-13,19,29H,14-18H2,(H,32,33). The lowest BCUT2D eigenvalue weighted by Gasteiger charge is -2.19. The summed E-state index contributed by atoms with van der Waals surface area (Å²) in [4.78, 5) is 18.0. The Hall–Kier alpha value is -3.19. The number of aliphatic carboxylic acids is 1. The second-order valence-corrected chi connectivity index (χ2v) is 9.41. The summed E-state index contributed by atoms with van der Waals surface area (Å²) in [5.41, 5.74) is 5.34. The zero-order valence-corrected chi connectivity index (χ0v) is 20.2. The SMILES string of the molecule is O=C(O)CN(Cc1ccc(Cl)cc1)Cc1nc(-c2ccc(NCCc3ccccc3)cc2)cs1. The van der Waals surface area contributed by atoms with Gasteiger partial charge in [-0.15, -0.1) is 11.3 Å². The fourth-order valence-electron chi connectivity index (χ4n) is 3.67. The maximum Gasteiger partial charge on any atom is 0.317 e. The summed E-state index contributed by atoms with van der Waals surface area (Å²) in [5, 5.41) is 16.4. The predicted molar refractivity (Wildman–Crippen MR) is 139 cm³/mol. The topological polar surface area (TPSA) is 65.5 Å². The number of benzene rings is 3. The normalized spacial score (nSPS) is 11.0. The van der Waals surface area contributed by atoms with Gasteiger partial charge < -0.3 is 10.4 Å². The maximum absolute atomic E-state index is 11.4. The van der Waals surface area contributed by atoms with Gasteiger partial charge >= 0.3 is 5.97 Å². The van der Waals surface area contributed by atoms with Crippen LogP contribution in [0.4, 0.5) is 5.69 Å². The summed E-state index contributed by atoms with van der Waals surface area (Å²) in [6.07, 6.45) is 0.973. The van der Waals surface area contributed by atoms with Gasteiger partial charge in [0.25, 0.3) is 0 Å². The average molecular weight is 492 g/mol. The van der Waals surface area contributed by atoms with Crippen molar-refractivity contribution in [3.05, 3.63) is 105 Å². The molecule has 0 amide bonds. The van der Waals surface area contributed by atoms with E-state index in [1.165, 1.54) is 5.56 Å². The van der Waals surface area contributed by atoms with E-state index < -0.39 is 5.97 Å². The molecule has 174 valence electrons. The van der Waals surface area contributed by atoms with Gasteiger partial charge in [-0.25, -0.2) is 4.98 Å². The van der Waals surface area contributed by atoms with E-state index >= 15 is 0 Å². The third kappa shape index (κ3) is 7.15. The van der Waals surface area contributed by atoms with Crippen LogP contribution in [0.15, 0.2) is 84.2 Å². The van der Waals surface area contributed by atoms with Gasteiger partial charge in [0, 0.05) is 34.7 Å². The number of halogens is 1. The molecule has 4 aromatic rings. The minimum Gasteiger partial charge on any atom is -0.480 e. The highest BCUT2D eigenvalue weighted by Gasteiger charge is 2.14. The molecular formula is C27H26ClN3O2S. The van der Waals surface area contributed by atoms with Crippen LogP contribution in [0, 0.1) is 0 Å². The number of carboxylic acid groups (broad SMARTS) is 1. The molecule has 0 aliphatic carbocycles. The van der Waals surface area contributed by atoms with Gasteiger partial charge in [-0.1, -0.05) is 66.2 Å². The molecule has 0 aliphatic rings. The van der Waals surface area contributed by atoms with Gasteiger partial charge in [-0.2, -0.15) is 0 Å². The van der Waals surface area contributed by atoms with Crippen LogP contribution in [-0.2, 0) is 24.3 Å². The summed E-state index contributed by atoms with van der Waals surface area (Å²) >= 11 is 7.51. The van der Waals surface area contributed by atoms with Gasteiger partial charge in [-0.05, 0) is 41.8 Å². The first-order valence-corrected chi connectivity index (χ1v) is 12.3. The zero-order chi connectivity index (χ0) is 23.8. The summed E-state index contributed by atoms with van der Waals surface area (Å²) in [6, 6.07) is 26.1. The second-order valence-electron chi connectivity index (χ2n) is 8.03. The number of hydrogen-bond acceptors (Lipinski definition) is 5. The Morgan fingerprint density at radius 2 is 1.68 bits per heavy atom. The van der Waals surface area contributed by atoms with Gasteiger partial charge in [0.1, 0.15) is 5.01 Å². The first-order valence-electron chi connectivity index (χ1n) is 11.1. The molecule has 0 bridgehead atoms. The number of rotatable bonds is 11. The molecular weight excluding hydrogens is 466 g/mol. The third-order valence-electron chi connectivity index (χ3n) is 5.36. The Balaban J connectivity index is 1.35. The number of anilines is 1. The molecule has 1 aromatic heterocycles. The molecule has 34 heavy (non-hydrogen) atoms. The maximum atomic E-state index is 11.4. The molecule has 3 aromatic carbocycles. The van der Waals surface area contributed by atoms with E-state index in [-0.39, 0.29) is 6.54 Å². The fourth-order valence-corrected chi connectivity index (χ4v) is 4.64. The highest BCUT2D eigenvalue weighted by Crippen LogP contribution is 2.25. The Labute approximate surface area is 208 Å². The molecule has 0 aliphatic heterocycles. The summed E-state index contributed by atoms with van der Waals surface area (Å²) in [6.45, 7) is 1.80. The summed E-state index contributed by atoms with van der Waals surface area (Å²) in [5.74, 6) is -0.860. The van der Waals surface area contributed by atoms with Crippen LogP contribution in [0.25, 0.3) is 11.3 Å². The van der Waals surface area contributed by atoms with Crippen molar-refractivity contribution in [2.45, 2.75) is 19.5 Å². The number of hydrogen-bond donors (Lipinski definition) is 2. The molecule has 0 saturated heterocycles. The van der Waals surface area contributed by atoms with E-state index in [4.69, 9.17) is 16.6 Å². The van der Waals surface area contributed by atoms with E-state index in [0.29, 0.717) is 18.1 Å². The van der Waals surface area contributed by atoms with Crippen molar-refractivity contribution in [3.63, 3.8) is 0 Å². The smallest absolute Gasteiger partial charge is 0.317 e. The average Bonchev–Trinajstić information content (AvgIpc) is 3.30. The molecule has 5 nitrogen and oxygen atoms in total. The van der Waals surface area contributed by atoms with Gasteiger partial charge in [0.2, 0.25) is 0 Å². The Kier molecular flexibility index (Phi) is 8.31. The Morgan fingerprint density at radius 1 is 0.941 bits per heavy atom. The van der Waals surface area contributed by atoms with E-state index in [2.05, 4.69) is 53.8 Å². The van der Waals surface area contributed by atoms with Gasteiger partial charge in [0.05, 0.1) is 18.8 Å². The third-order valence-corrected chi connectivity index (χ3v) is 6.44. The number of aromatic nitrogens is 1. The molecule has 7 heteroatoms. The molecule has 4 rings (SSSR count). The summed E-state index contributed by atoms with van der Waals surface area (Å²) in [7, 11) is 0. The van der Waals surface area contributed by atoms with Crippen molar-refractivity contribution in [2.24, 2.45) is 0 Å². The lowest BCUT2D eigenvalue weighted by atomic mass is 10.1. The second kappa shape index (κ2) is 11.8. The van der Waals surface area contributed by atoms with Crippen LogP contribution < -0.4 is 5.32 Å². The number of nitrogens with one attached hydrogen (secondary N) is 1. The van der Waals surface area contributed by atoms with E-state index in [9.17, 15) is 9.90 Å². The van der Waals surface area contributed by atoms with E-state index in [1.807, 2.05) is 40.6 Å². The minimum atomic E-state index is -0.860. The Morgan fingerprint density at radius 3 is 2.38 bits per heavy atom. The molecule has 0 atom stereocenters. The zero-order valence-electron chi connectivity index (χ0n) is 18.7. The molecule has 0 saturated carbocycles. The lowest BCUT2D eigenvalue weighted by Crippen LogP contribution is -2.28. The van der Waals surface area contributed by atoms with Crippen LogP contribution in [0.3, 0.4) is 0 Å². The molecule has 2 N–H and O–H groups in total. The largest absolute Gasteiger partial charge is 0.480 e. The van der Waals surface area contributed by atoms with Crippen molar-refractivity contribution in [1.29, 1.82) is 0 Å². The number of carboxylic acids is 1. The van der Waals surface area contributed by atoms with Crippen molar-refractivity contribution < 1.29 is 9.90 Å². The van der Waals surface area contributed by atoms with Gasteiger partial charge in [-0.3, -0.25) is 9.69 Å². The molecule has 0 fully saturated rings. The predicted octanol–water partition coefficient (Wildman–Crippen LogP) is 6.20. The van der Waals surface area contributed by atoms with Crippen molar-refractivity contribution >= 4 is 34.6 Å². The molecule has 1 heterocycles. The minimum absolute atomic E-state index is 0.0547. The molecule has 0 radical (unpaired) electrons. The first-order chi connectivity index (χ1) is 16.5. The van der Waals surface area contributed by atoms with Crippen LogP contribution in [-0.4, -0.2) is 34.0 Å². The van der Waals surface area contributed by atoms with Crippen LogP contribution >= 0.6 is 22.9 Å².